The molecule has 0 bridgehead atoms. The van der Waals surface area contributed by atoms with Crippen molar-refractivity contribution in [3.05, 3.63) is 49.6 Å². The minimum absolute atomic E-state index is 0.0696. The normalized spacial score (nSPS) is 10.4. The van der Waals surface area contributed by atoms with Crippen LogP contribution in [0.4, 0.5) is 5.69 Å². The lowest BCUT2D eigenvalue weighted by Crippen LogP contribution is -2.22. The lowest BCUT2D eigenvalue weighted by atomic mass is 10.1. The molecule has 110 valence electrons. The van der Waals surface area contributed by atoms with Crippen LogP contribution in [0.15, 0.2) is 24.3 Å². The van der Waals surface area contributed by atoms with Crippen LogP contribution in [0.5, 0.6) is 0 Å². The number of aromatic carboxylic acids is 1. The van der Waals surface area contributed by atoms with Crippen LogP contribution >= 0.6 is 34.5 Å². The first-order valence-electron chi connectivity index (χ1n) is 5.73. The summed E-state index contributed by atoms with van der Waals surface area (Å²) in [6.45, 7) is 0.139. The van der Waals surface area contributed by atoms with E-state index in [0.29, 0.717) is 14.8 Å². The molecule has 1 aromatic heterocycles. The molecule has 0 spiro atoms. The first-order valence-corrected chi connectivity index (χ1v) is 7.30. The smallest absolute Gasteiger partial charge is 0.337 e. The summed E-state index contributed by atoms with van der Waals surface area (Å²) in [5.74, 6) is -1.44. The first-order chi connectivity index (χ1) is 9.88. The predicted molar refractivity (Wildman–Crippen MR) is 83.3 cm³/mol. The van der Waals surface area contributed by atoms with Crippen LogP contribution in [-0.2, 0) is 6.54 Å². The molecule has 2 rings (SSSR count). The van der Waals surface area contributed by atoms with E-state index < -0.39 is 5.97 Å². The number of thiophene rings is 1. The van der Waals surface area contributed by atoms with Crippen molar-refractivity contribution in [3.63, 3.8) is 0 Å². The fraction of sp³-hybridized carbons (Fsp3) is 0.0769. The third-order valence-electron chi connectivity index (χ3n) is 2.70. The quantitative estimate of drug-likeness (QED) is 0.742. The fourth-order valence-corrected chi connectivity index (χ4v) is 2.87. The van der Waals surface area contributed by atoms with Gasteiger partial charge in [-0.2, -0.15) is 0 Å². The first kappa shape index (κ1) is 15.6. The van der Waals surface area contributed by atoms with E-state index in [1.807, 2.05) is 0 Å². The van der Waals surface area contributed by atoms with Gasteiger partial charge in [0.2, 0.25) is 0 Å². The van der Waals surface area contributed by atoms with Gasteiger partial charge in [0.25, 0.3) is 5.91 Å². The minimum Gasteiger partial charge on any atom is -0.478 e. The van der Waals surface area contributed by atoms with Gasteiger partial charge < -0.3 is 16.2 Å². The number of carbonyl (C=O) groups excluding carboxylic acids is 1. The van der Waals surface area contributed by atoms with Crippen molar-refractivity contribution in [2.24, 2.45) is 0 Å². The number of amides is 1. The van der Waals surface area contributed by atoms with Crippen molar-refractivity contribution in [1.82, 2.24) is 5.32 Å². The van der Waals surface area contributed by atoms with Crippen LogP contribution in [0.2, 0.25) is 9.36 Å². The average molecular weight is 345 g/mol. The van der Waals surface area contributed by atoms with Crippen molar-refractivity contribution < 1.29 is 14.7 Å². The Morgan fingerprint density at radius 2 is 2.00 bits per heavy atom. The van der Waals surface area contributed by atoms with Crippen molar-refractivity contribution >= 4 is 52.1 Å². The number of anilines is 1. The summed E-state index contributed by atoms with van der Waals surface area (Å²) in [6, 6.07) is 5.95. The zero-order chi connectivity index (χ0) is 15.6. The van der Waals surface area contributed by atoms with Gasteiger partial charge in [0.05, 0.1) is 19.8 Å². The molecule has 1 heterocycles. The Morgan fingerprint density at radius 1 is 1.29 bits per heavy atom. The van der Waals surface area contributed by atoms with Crippen LogP contribution in [0.25, 0.3) is 0 Å². The highest BCUT2D eigenvalue weighted by atomic mass is 35.5. The van der Waals surface area contributed by atoms with E-state index >= 15 is 0 Å². The summed E-state index contributed by atoms with van der Waals surface area (Å²) in [4.78, 5) is 23.3. The zero-order valence-corrected chi connectivity index (χ0v) is 12.9. The Kier molecular flexibility index (Phi) is 4.72. The third-order valence-corrected chi connectivity index (χ3v) is 4.24. The fourth-order valence-electron chi connectivity index (χ4n) is 1.65. The number of benzene rings is 1. The predicted octanol–water partition coefficient (Wildman–Crippen LogP) is 3.27. The maximum atomic E-state index is 11.9. The highest BCUT2D eigenvalue weighted by Gasteiger charge is 2.14. The minimum atomic E-state index is -1.16. The van der Waals surface area contributed by atoms with Gasteiger partial charge >= 0.3 is 5.97 Å². The summed E-state index contributed by atoms with van der Waals surface area (Å²) in [5.41, 5.74) is 6.48. The molecule has 4 N–H and O–H groups in total. The number of carboxylic acids is 1. The van der Waals surface area contributed by atoms with Crippen LogP contribution in [0.1, 0.15) is 25.6 Å². The molecule has 2 aromatic rings. The molecule has 0 fully saturated rings. The van der Waals surface area contributed by atoms with Crippen LogP contribution in [0, 0.1) is 0 Å². The molecule has 0 atom stereocenters. The molecule has 0 aliphatic rings. The molecular formula is C13H10Cl2N2O3S. The lowest BCUT2D eigenvalue weighted by Gasteiger charge is -2.09. The van der Waals surface area contributed by atoms with Crippen molar-refractivity contribution in [2.75, 3.05) is 5.73 Å². The van der Waals surface area contributed by atoms with E-state index in [0.717, 1.165) is 11.3 Å². The molecular weight excluding hydrogens is 335 g/mol. The SMILES string of the molecule is Nc1cc(C(=O)O)c(Cl)cc1CNC(=O)c1ccc(Cl)s1. The molecule has 0 unspecified atom stereocenters. The molecule has 5 nitrogen and oxygen atoms in total. The van der Waals surface area contributed by atoms with Gasteiger partial charge in [-0.15, -0.1) is 11.3 Å². The zero-order valence-electron chi connectivity index (χ0n) is 10.5. The van der Waals surface area contributed by atoms with Gasteiger partial charge in [-0.05, 0) is 29.8 Å². The number of carbonyl (C=O) groups is 2. The Balaban J connectivity index is 2.12. The maximum absolute atomic E-state index is 11.9. The summed E-state index contributed by atoms with van der Waals surface area (Å²) in [5, 5.41) is 11.7. The molecule has 0 saturated heterocycles. The number of nitrogen functional groups attached to an aromatic ring is 1. The number of hydrogen-bond acceptors (Lipinski definition) is 4. The molecule has 1 amide bonds. The highest BCUT2D eigenvalue weighted by Crippen LogP contribution is 2.24. The molecule has 0 radical (unpaired) electrons. The van der Waals surface area contributed by atoms with Gasteiger partial charge in [0, 0.05) is 12.2 Å². The van der Waals surface area contributed by atoms with Crippen LogP contribution in [-0.4, -0.2) is 17.0 Å². The second-order valence-electron chi connectivity index (χ2n) is 4.12. The number of nitrogens with two attached hydrogens (primary N) is 1. The van der Waals surface area contributed by atoms with Crippen molar-refractivity contribution in [2.45, 2.75) is 6.54 Å². The van der Waals surface area contributed by atoms with E-state index in [1.165, 1.54) is 12.1 Å². The van der Waals surface area contributed by atoms with Gasteiger partial charge in [-0.1, -0.05) is 23.2 Å². The summed E-state index contributed by atoms with van der Waals surface area (Å²) in [6.07, 6.45) is 0. The largest absolute Gasteiger partial charge is 0.478 e. The Hall–Kier alpha value is -1.76. The number of rotatable bonds is 4. The van der Waals surface area contributed by atoms with Crippen molar-refractivity contribution in [1.29, 1.82) is 0 Å². The lowest BCUT2D eigenvalue weighted by molar-refractivity contribution is 0.0696. The third kappa shape index (κ3) is 3.66. The Bertz CT molecular complexity index is 715. The highest BCUT2D eigenvalue weighted by molar-refractivity contribution is 7.17. The maximum Gasteiger partial charge on any atom is 0.337 e. The van der Waals surface area contributed by atoms with Crippen LogP contribution in [0.3, 0.4) is 0 Å². The molecule has 0 saturated carbocycles. The summed E-state index contributed by atoms with van der Waals surface area (Å²) < 4.78 is 0.522. The Labute approximate surface area is 134 Å². The van der Waals surface area contributed by atoms with E-state index in [1.54, 1.807) is 12.1 Å². The second-order valence-corrected chi connectivity index (χ2v) is 6.24. The van der Waals surface area contributed by atoms with Gasteiger partial charge in [-0.25, -0.2) is 4.79 Å². The number of hydrogen-bond donors (Lipinski definition) is 3. The van der Waals surface area contributed by atoms with Crippen LogP contribution < -0.4 is 11.1 Å². The molecule has 8 heteroatoms. The van der Waals surface area contributed by atoms with E-state index in [-0.39, 0.29) is 28.7 Å². The second kappa shape index (κ2) is 6.34. The van der Waals surface area contributed by atoms with E-state index in [9.17, 15) is 9.59 Å². The van der Waals surface area contributed by atoms with Gasteiger partial charge in [-0.3, -0.25) is 4.79 Å². The number of carboxylic acid groups (broad SMARTS) is 1. The average Bonchev–Trinajstić information content (AvgIpc) is 2.85. The molecule has 21 heavy (non-hydrogen) atoms. The number of halogens is 2. The summed E-state index contributed by atoms with van der Waals surface area (Å²) >= 11 is 12.8. The standard InChI is InChI=1S/C13H10Cl2N2O3S/c14-8-3-6(9(16)4-7(8)13(19)20)5-17-12(18)10-1-2-11(15)21-10/h1-4H,5,16H2,(H,17,18)(H,19,20). The van der Waals surface area contributed by atoms with E-state index in [2.05, 4.69) is 5.32 Å². The molecule has 0 aliphatic carbocycles. The van der Waals surface area contributed by atoms with Gasteiger partial charge in [0.1, 0.15) is 0 Å². The topological polar surface area (TPSA) is 92.4 Å². The van der Waals surface area contributed by atoms with E-state index in [4.69, 9.17) is 34.0 Å². The monoisotopic (exact) mass is 344 g/mol. The van der Waals surface area contributed by atoms with Gasteiger partial charge in [0.15, 0.2) is 0 Å². The summed E-state index contributed by atoms with van der Waals surface area (Å²) in [7, 11) is 0. The molecule has 0 aliphatic heterocycles. The molecule has 1 aromatic carbocycles. The number of nitrogens with one attached hydrogen (secondary N) is 1. The Morgan fingerprint density at radius 3 is 2.57 bits per heavy atom. The van der Waals surface area contributed by atoms with Crippen molar-refractivity contribution in [3.8, 4) is 0 Å².